The van der Waals surface area contributed by atoms with Gasteiger partial charge in [0.1, 0.15) is 5.00 Å². The smallest absolute Gasteiger partial charge is 0.341 e. The summed E-state index contributed by atoms with van der Waals surface area (Å²) in [5.41, 5.74) is 2.40. The molecule has 0 bridgehead atoms. The lowest BCUT2D eigenvalue weighted by Crippen LogP contribution is -2.21. The van der Waals surface area contributed by atoms with Crippen LogP contribution in [0, 0.1) is 13.8 Å². The molecule has 0 spiro atoms. The zero-order valence-electron chi connectivity index (χ0n) is 15.5. The maximum atomic E-state index is 12.4. The number of carbonyl (C=O) groups excluding carboxylic acids is 2. The van der Waals surface area contributed by atoms with Gasteiger partial charge in [0, 0.05) is 27.3 Å². The van der Waals surface area contributed by atoms with Gasteiger partial charge in [0.2, 0.25) is 0 Å². The molecule has 8 nitrogen and oxygen atoms in total. The monoisotopic (exact) mass is 395 g/mol. The van der Waals surface area contributed by atoms with E-state index in [9.17, 15) is 9.59 Å². The predicted molar refractivity (Wildman–Crippen MR) is 106 cm³/mol. The second-order valence-electron chi connectivity index (χ2n) is 5.83. The number of aryl methyl sites for hydroxylation is 2. The van der Waals surface area contributed by atoms with E-state index in [0.29, 0.717) is 21.0 Å². The largest absolute Gasteiger partial charge is 0.465 e. The summed E-state index contributed by atoms with van der Waals surface area (Å²) in [6, 6.07) is 0. The van der Waals surface area contributed by atoms with E-state index in [1.54, 1.807) is 31.9 Å². The average Bonchev–Trinajstić information content (AvgIpc) is 3.04. The number of amides is 1. The second-order valence-corrected chi connectivity index (χ2v) is 7.26. The number of hydrogen-bond donors (Lipinski definition) is 2. The Morgan fingerprint density at radius 3 is 2.46 bits per heavy atom. The molecule has 0 atom stereocenters. The topological polar surface area (TPSA) is 88.5 Å². The summed E-state index contributed by atoms with van der Waals surface area (Å²) in [6.45, 7) is 3.57. The molecule has 0 saturated heterocycles. The van der Waals surface area contributed by atoms with Crippen LogP contribution >= 0.6 is 23.6 Å². The maximum Gasteiger partial charge on any atom is 0.341 e. The molecule has 0 saturated carbocycles. The zero-order chi connectivity index (χ0) is 19.6. The Balaban J connectivity index is 2.33. The number of nitrogens with zero attached hydrogens (tertiary/aromatic N) is 3. The minimum Gasteiger partial charge on any atom is -0.465 e. The molecule has 2 rings (SSSR count). The Kier molecular flexibility index (Phi) is 5.98. The molecule has 0 aromatic carbocycles. The van der Waals surface area contributed by atoms with Crippen LogP contribution < -0.4 is 10.6 Å². The minimum atomic E-state index is -0.528. The summed E-state index contributed by atoms with van der Waals surface area (Å²) in [7, 11) is 6.42. The number of rotatable bonds is 4. The van der Waals surface area contributed by atoms with Crippen LogP contribution in [0.4, 0.5) is 10.7 Å². The first-order valence-corrected chi connectivity index (χ1v) is 8.89. The lowest BCUT2D eigenvalue weighted by Gasteiger charge is -2.09. The van der Waals surface area contributed by atoms with Gasteiger partial charge in [-0.1, -0.05) is 0 Å². The van der Waals surface area contributed by atoms with Crippen LogP contribution in [0.25, 0.3) is 0 Å². The second kappa shape index (κ2) is 7.83. The fourth-order valence-electron chi connectivity index (χ4n) is 2.34. The van der Waals surface area contributed by atoms with Gasteiger partial charge >= 0.3 is 5.97 Å². The van der Waals surface area contributed by atoms with Crippen molar-refractivity contribution in [2.24, 2.45) is 7.05 Å². The van der Waals surface area contributed by atoms with E-state index in [4.69, 9.17) is 17.0 Å². The van der Waals surface area contributed by atoms with E-state index < -0.39 is 5.97 Å². The Morgan fingerprint density at radius 2 is 1.96 bits per heavy atom. The van der Waals surface area contributed by atoms with Gasteiger partial charge in [0.25, 0.3) is 5.91 Å². The molecule has 0 aliphatic rings. The molecule has 0 fully saturated rings. The fraction of sp³-hybridized carbons (Fsp3) is 0.375. The summed E-state index contributed by atoms with van der Waals surface area (Å²) in [5, 5.41) is 11.0. The summed E-state index contributed by atoms with van der Waals surface area (Å²) in [6.07, 6.45) is 1.80. The van der Waals surface area contributed by atoms with Crippen molar-refractivity contribution in [2.75, 3.05) is 31.8 Å². The summed E-state index contributed by atoms with van der Waals surface area (Å²) < 4.78 is 6.53. The van der Waals surface area contributed by atoms with Crippen LogP contribution in [0.2, 0.25) is 0 Å². The van der Waals surface area contributed by atoms with Crippen molar-refractivity contribution in [1.82, 2.24) is 14.7 Å². The highest BCUT2D eigenvalue weighted by Crippen LogP contribution is 2.34. The average molecular weight is 396 g/mol. The lowest BCUT2D eigenvalue weighted by molar-refractivity contribution is 0.0601. The van der Waals surface area contributed by atoms with E-state index in [1.807, 2.05) is 14.0 Å². The molecule has 0 aliphatic carbocycles. The van der Waals surface area contributed by atoms with E-state index in [0.717, 1.165) is 22.7 Å². The third kappa shape index (κ3) is 4.02. The number of ether oxygens (including phenoxy) is 1. The van der Waals surface area contributed by atoms with E-state index in [1.165, 1.54) is 12.0 Å². The standard InChI is InChI=1S/C16H21N5O3S2/c1-8-11(15(23)24-6)13(26-12(8)14(22)20(3)4)18-16(25)17-10-7-21(5)19-9(10)2/h7H,1-6H3,(H2,17,18,25). The van der Waals surface area contributed by atoms with Crippen molar-refractivity contribution < 1.29 is 14.3 Å². The Hall–Kier alpha value is -2.46. The normalized spacial score (nSPS) is 10.4. The third-order valence-electron chi connectivity index (χ3n) is 3.63. The molecule has 0 aliphatic heterocycles. The van der Waals surface area contributed by atoms with E-state index >= 15 is 0 Å². The number of methoxy groups -OCH3 is 1. The van der Waals surface area contributed by atoms with E-state index in [-0.39, 0.29) is 11.0 Å². The highest BCUT2D eigenvalue weighted by atomic mass is 32.1. The number of thiophene rings is 1. The lowest BCUT2D eigenvalue weighted by atomic mass is 10.1. The summed E-state index contributed by atoms with van der Waals surface area (Å²) in [4.78, 5) is 26.5. The van der Waals surface area contributed by atoms with Gasteiger partial charge < -0.3 is 20.3 Å². The number of aromatic nitrogens is 2. The van der Waals surface area contributed by atoms with Crippen LogP contribution in [-0.2, 0) is 11.8 Å². The molecule has 10 heteroatoms. The quantitative estimate of drug-likeness (QED) is 0.607. The van der Waals surface area contributed by atoms with Crippen LogP contribution in [-0.4, -0.2) is 52.9 Å². The number of anilines is 2. The van der Waals surface area contributed by atoms with E-state index in [2.05, 4.69) is 15.7 Å². The minimum absolute atomic E-state index is 0.187. The molecule has 2 aromatic heterocycles. The number of hydrogen-bond acceptors (Lipinski definition) is 6. The number of nitrogens with one attached hydrogen (secondary N) is 2. The maximum absolute atomic E-state index is 12.4. The van der Waals surface area contributed by atoms with Gasteiger partial charge in [-0.25, -0.2) is 4.79 Å². The first-order chi connectivity index (χ1) is 12.1. The number of esters is 1. The van der Waals surface area contributed by atoms with Gasteiger partial charge in [0.05, 0.1) is 28.9 Å². The molecule has 2 N–H and O–H groups in total. The molecule has 2 aromatic rings. The van der Waals surface area contributed by atoms with Crippen LogP contribution in [0.15, 0.2) is 6.20 Å². The zero-order valence-corrected chi connectivity index (χ0v) is 17.1. The van der Waals surface area contributed by atoms with Crippen LogP contribution in [0.5, 0.6) is 0 Å². The number of carbonyl (C=O) groups is 2. The molecule has 1 amide bonds. The molecule has 26 heavy (non-hydrogen) atoms. The van der Waals surface area contributed by atoms with Crippen molar-refractivity contribution in [3.8, 4) is 0 Å². The Morgan fingerprint density at radius 1 is 1.31 bits per heavy atom. The third-order valence-corrected chi connectivity index (χ3v) is 5.02. The Labute approximate surface area is 161 Å². The van der Waals surface area contributed by atoms with Crippen molar-refractivity contribution in [3.05, 3.63) is 27.9 Å². The molecule has 2 heterocycles. The molecule has 140 valence electrons. The van der Waals surface area contributed by atoms with Crippen molar-refractivity contribution in [2.45, 2.75) is 13.8 Å². The molecule has 0 unspecified atom stereocenters. The highest BCUT2D eigenvalue weighted by molar-refractivity contribution is 7.80. The SMILES string of the molecule is COC(=O)c1c(NC(=S)Nc2cn(C)nc2C)sc(C(=O)N(C)C)c1C. The van der Waals surface area contributed by atoms with Crippen molar-refractivity contribution in [1.29, 1.82) is 0 Å². The predicted octanol–water partition coefficient (Wildman–Crippen LogP) is 2.40. The highest BCUT2D eigenvalue weighted by Gasteiger charge is 2.26. The first kappa shape index (κ1) is 19.9. The van der Waals surface area contributed by atoms with Gasteiger partial charge in [0.15, 0.2) is 5.11 Å². The summed E-state index contributed by atoms with van der Waals surface area (Å²) in [5.74, 6) is -0.716. The Bertz CT molecular complexity index is 870. The van der Waals surface area contributed by atoms with Crippen LogP contribution in [0.3, 0.4) is 0 Å². The van der Waals surface area contributed by atoms with Crippen LogP contribution in [0.1, 0.15) is 31.3 Å². The summed E-state index contributed by atoms with van der Waals surface area (Å²) >= 11 is 6.50. The van der Waals surface area contributed by atoms with Gasteiger partial charge in [-0.3, -0.25) is 9.48 Å². The van der Waals surface area contributed by atoms with Gasteiger partial charge in [-0.15, -0.1) is 11.3 Å². The van der Waals surface area contributed by atoms with Gasteiger partial charge in [-0.05, 0) is 31.6 Å². The fourth-order valence-corrected chi connectivity index (χ4v) is 3.83. The number of thiocarbonyl (C=S) groups is 1. The first-order valence-electron chi connectivity index (χ1n) is 7.67. The molecule has 0 radical (unpaired) electrons. The molecular formula is C16H21N5O3S2. The molecular weight excluding hydrogens is 374 g/mol. The van der Waals surface area contributed by atoms with Crippen molar-refractivity contribution >= 4 is 51.2 Å². The van der Waals surface area contributed by atoms with Crippen molar-refractivity contribution in [3.63, 3.8) is 0 Å². The van der Waals surface area contributed by atoms with Gasteiger partial charge in [-0.2, -0.15) is 5.10 Å².